The van der Waals surface area contributed by atoms with E-state index in [0.717, 1.165) is 5.56 Å². The second kappa shape index (κ2) is 5.31. The molecule has 1 aromatic carbocycles. The number of aromatic nitrogens is 8. The summed E-state index contributed by atoms with van der Waals surface area (Å²) in [6, 6.07) is 11.4. The van der Waals surface area contributed by atoms with Crippen molar-refractivity contribution in [3.63, 3.8) is 0 Å². The van der Waals surface area contributed by atoms with Gasteiger partial charge in [0.15, 0.2) is 0 Å². The molecule has 0 saturated heterocycles. The molecule has 0 fully saturated rings. The van der Waals surface area contributed by atoms with Gasteiger partial charge in [0, 0.05) is 11.8 Å². The van der Waals surface area contributed by atoms with Gasteiger partial charge < -0.3 is 0 Å². The van der Waals surface area contributed by atoms with Crippen LogP contribution in [0.3, 0.4) is 0 Å². The molecule has 9 nitrogen and oxygen atoms in total. The molecule has 0 radical (unpaired) electrons. The largest absolute Gasteiger partial charge is 0.281 e. The zero-order valence-electron chi connectivity index (χ0n) is 13.7. The standard InChI is InChI=1S/C17H12N8O/c1-11-20-17-21-13-7-8-24(23-9-18-19-10-23)16(26)14(13)15(25(17)22-11)12-5-3-2-4-6-12/h2-10H,1H3. The van der Waals surface area contributed by atoms with Crippen LogP contribution in [0, 0.1) is 6.92 Å². The van der Waals surface area contributed by atoms with Crippen LogP contribution in [0.25, 0.3) is 27.9 Å². The van der Waals surface area contributed by atoms with Crippen LogP contribution in [0.1, 0.15) is 5.82 Å². The Morgan fingerprint density at radius 2 is 1.73 bits per heavy atom. The van der Waals surface area contributed by atoms with Crippen LogP contribution in [0.5, 0.6) is 0 Å². The molecule has 0 unspecified atom stereocenters. The summed E-state index contributed by atoms with van der Waals surface area (Å²) in [5.74, 6) is 1.04. The molecule has 0 saturated carbocycles. The summed E-state index contributed by atoms with van der Waals surface area (Å²) in [4.78, 5) is 22.1. The maximum atomic E-state index is 13.3. The zero-order chi connectivity index (χ0) is 17.7. The molecule has 0 amide bonds. The third kappa shape index (κ3) is 2.04. The smallest absolute Gasteiger partial charge is 0.267 e. The first kappa shape index (κ1) is 14.5. The molecule has 0 atom stereocenters. The topological polar surface area (TPSA) is 95.8 Å². The van der Waals surface area contributed by atoms with Gasteiger partial charge in [-0.1, -0.05) is 30.3 Å². The number of fused-ring (bicyclic) bond motifs is 2. The first-order valence-corrected chi connectivity index (χ1v) is 7.92. The van der Waals surface area contributed by atoms with E-state index in [-0.39, 0.29) is 5.56 Å². The maximum Gasteiger partial charge on any atom is 0.281 e. The van der Waals surface area contributed by atoms with Gasteiger partial charge in [0.25, 0.3) is 11.3 Å². The van der Waals surface area contributed by atoms with Crippen LogP contribution in [0.2, 0.25) is 0 Å². The van der Waals surface area contributed by atoms with E-state index in [1.807, 2.05) is 30.3 Å². The van der Waals surface area contributed by atoms with E-state index in [2.05, 4.69) is 25.3 Å². The first-order chi connectivity index (χ1) is 12.7. The highest BCUT2D eigenvalue weighted by Crippen LogP contribution is 2.25. The van der Waals surface area contributed by atoms with E-state index in [4.69, 9.17) is 0 Å². The Balaban J connectivity index is 1.99. The lowest BCUT2D eigenvalue weighted by atomic mass is 10.1. The fourth-order valence-electron chi connectivity index (χ4n) is 3.02. The second-order valence-corrected chi connectivity index (χ2v) is 5.76. The third-order valence-corrected chi connectivity index (χ3v) is 4.12. The minimum Gasteiger partial charge on any atom is -0.267 e. The average molecular weight is 344 g/mol. The number of nitrogens with zero attached hydrogens (tertiary/aromatic N) is 8. The molecule has 0 aliphatic carbocycles. The highest BCUT2D eigenvalue weighted by molar-refractivity contribution is 5.93. The second-order valence-electron chi connectivity index (χ2n) is 5.76. The number of benzene rings is 1. The molecular formula is C17H12N8O. The Morgan fingerprint density at radius 3 is 2.50 bits per heavy atom. The molecule has 5 aromatic rings. The van der Waals surface area contributed by atoms with Crippen LogP contribution >= 0.6 is 0 Å². The van der Waals surface area contributed by atoms with Crippen molar-refractivity contribution in [3.8, 4) is 11.3 Å². The fraction of sp³-hybridized carbons (Fsp3) is 0.0588. The lowest BCUT2D eigenvalue weighted by Crippen LogP contribution is -2.25. The quantitative estimate of drug-likeness (QED) is 0.479. The molecule has 0 bridgehead atoms. The fourth-order valence-corrected chi connectivity index (χ4v) is 3.02. The van der Waals surface area contributed by atoms with Gasteiger partial charge in [0.1, 0.15) is 18.5 Å². The molecule has 26 heavy (non-hydrogen) atoms. The Morgan fingerprint density at radius 1 is 0.962 bits per heavy atom. The number of hydrogen-bond donors (Lipinski definition) is 0. The molecule has 5 rings (SSSR count). The van der Waals surface area contributed by atoms with Crippen molar-refractivity contribution in [1.82, 2.24) is 39.1 Å². The predicted octanol–water partition coefficient (Wildman–Crippen LogP) is 1.32. The minimum absolute atomic E-state index is 0.247. The van der Waals surface area contributed by atoms with Crippen molar-refractivity contribution >= 4 is 16.7 Å². The highest BCUT2D eigenvalue weighted by atomic mass is 16.1. The Hall–Kier alpha value is -3.88. The molecule has 4 aromatic heterocycles. The summed E-state index contributed by atoms with van der Waals surface area (Å²) in [6.45, 7) is 1.80. The SMILES string of the molecule is Cc1nc2nc3ccn(-n4cnnc4)c(=O)c3c(-c3ccccc3)n2n1. The summed E-state index contributed by atoms with van der Waals surface area (Å²) < 4.78 is 4.55. The summed E-state index contributed by atoms with van der Waals surface area (Å²) in [5, 5.41) is 12.4. The van der Waals surface area contributed by atoms with E-state index in [1.165, 1.54) is 22.0 Å². The van der Waals surface area contributed by atoms with Crippen molar-refractivity contribution < 1.29 is 0 Å². The molecule has 126 valence electrons. The molecule has 0 aliphatic rings. The number of aryl methyl sites for hydroxylation is 1. The van der Waals surface area contributed by atoms with Gasteiger partial charge in [-0.15, -0.1) is 15.3 Å². The van der Waals surface area contributed by atoms with E-state index in [1.54, 1.807) is 23.7 Å². The zero-order valence-corrected chi connectivity index (χ0v) is 13.7. The summed E-state index contributed by atoms with van der Waals surface area (Å²) >= 11 is 0. The van der Waals surface area contributed by atoms with Crippen LogP contribution in [-0.2, 0) is 0 Å². The maximum absolute atomic E-state index is 13.3. The predicted molar refractivity (Wildman–Crippen MR) is 93.5 cm³/mol. The van der Waals surface area contributed by atoms with E-state index < -0.39 is 0 Å². The number of rotatable bonds is 2. The average Bonchev–Trinajstić information content (AvgIpc) is 3.30. The monoisotopic (exact) mass is 344 g/mol. The van der Waals surface area contributed by atoms with Gasteiger partial charge in [-0.25, -0.2) is 14.3 Å². The molecule has 9 heteroatoms. The van der Waals surface area contributed by atoms with Gasteiger partial charge in [-0.2, -0.15) is 9.50 Å². The number of hydrogen-bond acceptors (Lipinski definition) is 6. The lowest BCUT2D eigenvalue weighted by Gasteiger charge is -2.11. The van der Waals surface area contributed by atoms with Crippen LogP contribution in [0.15, 0.2) is 60.0 Å². The van der Waals surface area contributed by atoms with Gasteiger partial charge in [0.05, 0.1) is 16.6 Å². The van der Waals surface area contributed by atoms with Gasteiger partial charge >= 0.3 is 0 Å². The molecular weight excluding hydrogens is 332 g/mol. The van der Waals surface area contributed by atoms with Crippen LogP contribution in [-0.4, -0.2) is 39.1 Å². The summed E-state index contributed by atoms with van der Waals surface area (Å²) in [5.41, 5.74) is 1.81. The highest BCUT2D eigenvalue weighted by Gasteiger charge is 2.18. The third-order valence-electron chi connectivity index (χ3n) is 4.12. The van der Waals surface area contributed by atoms with Gasteiger partial charge in [-0.05, 0) is 13.0 Å². The van der Waals surface area contributed by atoms with Gasteiger partial charge in [-0.3, -0.25) is 4.79 Å². The van der Waals surface area contributed by atoms with Crippen LogP contribution in [0.4, 0.5) is 0 Å². The molecule has 0 aliphatic heterocycles. The Kier molecular flexibility index (Phi) is 2.95. The lowest BCUT2D eigenvalue weighted by molar-refractivity contribution is 0.632. The molecule has 0 spiro atoms. The normalized spacial score (nSPS) is 11.4. The van der Waals surface area contributed by atoms with Crippen molar-refractivity contribution in [3.05, 3.63) is 71.4 Å². The summed E-state index contributed by atoms with van der Waals surface area (Å²) in [6.07, 6.45) is 4.55. The van der Waals surface area contributed by atoms with Crippen molar-refractivity contribution in [1.29, 1.82) is 0 Å². The van der Waals surface area contributed by atoms with Crippen molar-refractivity contribution in [2.45, 2.75) is 6.92 Å². The Labute approximate surface area is 146 Å². The molecule has 4 heterocycles. The Bertz CT molecular complexity index is 1300. The van der Waals surface area contributed by atoms with E-state index in [0.29, 0.717) is 28.2 Å². The minimum atomic E-state index is -0.247. The van der Waals surface area contributed by atoms with Crippen molar-refractivity contribution in [2.75, 3.05) is 0 Å². The number of pyridine rings is 1. The van der Waals surface area contributed by atoms with E-state index >= 15 is 0 Å². The molecule has 0 N–H and O–H groups in total. The van der Waals surface area contributed by atoms with Crippen molar-refractivity contribution in [2.24, 2.45) is 0 Å². The first-order valence-electron chi connectivity index (χ1n) is 7.92. The van der Waals surface area contributed by atoms with E-state index in [9.17, 15) is 4.79 Å². The summed E-state index contributed by atoms with van der Waals surface area (Å²) in [7, 11) is 0. The van der Waals surface area contributed by atoms with Crippen LogP contribution < -0.4 is 5.56 Å². The van der Waals surface area contributed by atoms with Gasteiger partial charge in [0.2, 0.25) is 0 Å².